The molecule has 3 rings (SSSR count). The zero-order chi connectivity index (χ0) is 17.8. The van der Waals surface area contributed by atoms with Crippen molar-refractivity contribution in [3.63, 3.8) is 0 Å². The fourth-order valence-electron chi connectivity index (χ4n) is 3.25. The van der Waals surface area contributed by atoms with Gasteiger partial charge in [0, 0.05) is 43.8 Å². The van der Waals surface area contributed by atoms with Crippen LogP contribution in [0, 0.1) is 13.8 Å². The van der Waals surface area contributed by atoms with Crippen molar-refractivity contribution in [1.82, 2.24) is 9.88 Å². The van der Waals surface area contributed by atoms with Gasteiger partial charge in [-0.25, -0.2) is 0 Å². The van der Waals surface area contributed by atoms with Gasteiger partial charge in [-0.1, -0.05) is 25.1 Å². The first-order valence-electron chi connectivity index (χ1n) is 8.89. The smallest absolute Gasteiger partial charge is 0.274 e. The molecule has 0 bridgehead atoms. The highest BCUT2D eigenvalue weighted by molar-refractivity contribution is 6.04. The fourth-order valence-corrected chi connectivity index (χ4v) is 3.25. The van der Waals surface area contributed by atoms with Gasteiger partial charge in [0.2, 0.25) is 0 Å². The molecular formula is C20H26N4O. The number of hydrogen-bond donors (Lipinski definition) is 1. The molecule has 0 spiro atoms. The largest absolute Gasteiger partial charge is 0.369 e. The van der Waals surface area contributed by atoms with Crippen molar-refractivity contribution in [1.29, 1.82) is 0 Å². The van der Waals surface area contributed by atoms with Gasteiger partial charge < -0.3 is 15.1 Å². The highest BCUT2D eigenvalue weighted by Gasteiger charge is 2.18. The van der Waals surface area contributed by atoms with Gasteiger partial charge in [-0.05, 0) is 43.7 Å². The van der Waals surface area contributed by atoms with Crippen LogP contribution in [0.15, 0.2) is 36.5 Å². The molecule has 1 fully saturated rings. The third-order valence-electron chi connectivity index (χ3n) is 4.88. The maximum absolute atomic E-state index is 12.7. The third kappa shape index (κ3) is 3.99. The maximum Gasteiger partial charge on any atom is 0.274 e. The summed E-state index contributed by atoms with van der Waals surface area (Å²) >= 11 is 0. The fraction of sp³-hybridized carbons (Fsp3) is 0.400. The van der Waals surface area contributed by atoms with Crippen LogP contribution >= 0.6 is 0 Å². The van der Waals surface area contributed by atoms with Crippen molar-refractivity contribution in [2.24, 2.45) is 0 Å². The molecule has 1 saturated heterocycles. The Morgan fingerprint density at radius 3 is 2.44 bits per heavy atom. The number of benzene rings is 1. The summed E-state index contributed by atoms with van der Waals surface area (Å²) < 4.78 is 0. The van der Waals surface area contributed by atoms with E-state index in [1.54, 1.807) is 6.20 Å². The molecule has 0 radical (unpaired) electrons. The second kappa shape index (κ2) is 7.66. The highest BCUT2D eigenvalue weighted by Crippen LogP contribution is 2.21. The van der Waals surface area contributed by atoms with Crippen LogP contribution in [0.1, 0.15) is 28.5 Å². The number of aryl methyl sites for hydroxylation is 2. The molecule has 5 heteroatoms. The molecule has 1 aliphatic heterocycles. The average Bonchev–Trinajstić information content (AvgIpc) is 2.65. The first-order valence-corrected chi connectivity index (χ1v) is 8.89. The van der Waals surface area contributed by atoms with E-state index in [4.69, 9.17) is 0 Å². The van der Waals surface area contributed by atoms with Gasteiger partial charge in [-0.15, -0.1) is 0 Å². The molecule has 0 atom stereocenters. The van der Waals surface area contributed by atoms with Gasteiger partial charge in [0.15, 0.2) is 0 Å². The number of piperazine rings is 1. The molecular weight excluding hydrogens is 312 g/mol. The maximum atomic E-state index is 12.7. The Hall–Kier alpha value is -2.40. The molecule has 1 amide bonds. The number of carbonyl (C=O) groups excluding carboxylic acids is 1. The summed E-state index contributed by atoms with van der Waals surface area (Å²) in [6.45, 7) is 11.4. The van der Waals surface area contributed by atoms with E-state index in [1.807, 2.05) is 44.2 Å². The number of anilines is 2. The van der Waals surface area contributed by atoms with Crippen molar-refractivity contribution in [2.75, 3.05) is 42.9 Å². The van der Waals surface area contributed by atoms with Crippen LogP contribution in [0.25, 0.3) is 0 Å². The summed E-state index contributed by atoms with van der Waals surface area (Å²) in [7, 11) is 0. The van der Waals surface area contributed by atoms with Gasteiger partial charge in [0.25, 0.3) is 5.91 Å². The van der Waals surface area contributed by atoms with Gasteiger partial charge in [0.1, 0.15) is 5.69 Å². The molecule has 1 aliphatic rings. The SMILES string of the molecule is CCN1CCN(c2ccnc(C(=O)Nc3c(C)cccc3C)c2)CC1. The third-order valence-corrected chi connectivity index (χ3v) is 4.88. The first-order chi connectivity index (χ1) is 12.1. The van der Waals surface area contributed by atoms with Gasteiger partial charge in [-0.3, -0.25) is 9.78 Å². The molecule has 132 valence electrons. The van der Waals surface area contributed by atoms with E-state index in [9.17, 15) is 4.79 Å². The Morgan fingerprint density at radius 2 is 1.80 bits per heavy atom. The lowest BCUT2D eigenvalue weighted by atomic mass is 10.1. The van der Waals surface area contributed by atoms with Crippen LogP contribution in [0.2, 0.25) is 0 Å². The summed E-state index contributed by atoms with van der Waals surface area (Å²) in [4.78, 5) is 21.7. The zero-order valence-electron chi connectivity index (χ0n) is 15.2. The highest BCUT2D eigenvalue weighted by atomic mass is 16.1. The molecule has 1 N–H and O–H groups in total. The first kappa shape index (κ1) is 17.4. The Bertz CT molecular complexity index is 731. The minimum absolute atomic E-state index is 0.161. The summed E-state index contributed by atoms with van der Waals surface area (Å²) in [6.07, 6.45) is 1.72. The van der Waals surface area contributed by atoms with Crippen LogP contribution in [-0.4, -0.2) is 48.5 Å². The van der Waals surface area contributed by atoms with E-state index < -0.39 is 0 Å². The molecule has 1 aromatic carbocycles. The van der Waals surface area contributed by atoms with Crippen molar-refractivity contribution < 1.29 is 4.79 Å². The van der Waals surface area contributed by atoms with Crippen molar-refractivity contribution in [3.8, 4) is 0 Å². The lowest BCUT2D eigenvalue weighted by Crippen LogP contribution is -2.46. The number of likely N-dealkylation sites (N-methyl/N-ethyl adjacent to an activating group) is 1. The van der Waals surface area contributed by atoms with E-state index in [0.717, 1.165) is 55.2 Å². The topological polar surface area (TPSA) is 48.5 Å². The number of hydrogen-bond acceptors (Lipinski definition) is 4. The van der Waals surface area contributed by atoms with Crippen molar-refractivity contribution >= 4 is 17.3 Å². The molecule has 1 aromatic heterocycles. The van der Waals surface area contributed by atoms with E-state index in [1.165, 1.54) is 0 Å². The van der Waals surface area contributed by atoms with Gasteiger partial charge >= 0.3 is 0 Å². The molecule has 0 unspecified atom stereocenters. The normalized spacial score (nSPS) is 15.2. The molecule has 25 heavy (non-hydrogen) atoms. The Balaban J connectivity index is 1.74. The summed E-state index contributed by atoms with van der Waals surface area (Å²) in [5, 5.41) is 3.01. The van der Waals surface area contributed by atoms with Gasteiger partial charge in [-0.2, -0.15) is 0 Å². The number of nitrogens with one attached hydrogen (secondary N) is 1. The minimum Gasteiger partial charge on any atom is -0.369 e. The zero-order valence-corrected chi connectivity index (χ0v) is 15.2. The second-order valence-electron chi connectivity index (χ2n) is 6.54. The Kier molecular flexibility index (Phi) is 5.34. The molecule has 0 aliphatic carbocycles. The average molecular weight is 338 g/mol. The number of aromatic nitrogens is 1. The van der Waals surface area contributed by atoms with E-state index in [2.05, 4.69) is 27.0 Å². The quantitative estimate of drug-likeness (QED) is 0.931. The van der Waals surface area contributed by atoms with Crippen molar-refractivity contribution in [3.05, 3.63) is 53.3 Å². The summed E-state index contributed by atoms with van der Waals surface area (Å²) in [5.41, 5.74) is 4.51. The molecule has 2 aromatic rings. The van der Waals surface area contributed by atoms with Crippen LogP contribution in [0.5, 0.6) is 0 Å². The van der Waals surface area contributed by atoms with Crippen molar-refractivity contribution in [2.45, 2.75) is 20.8 Å². The second-order valence-corrected chi connectivity index (χ2v) is 6.54. The number of para-hydroxylation sites is 1. The van der Waals surface area contributed by atoms with Crippen LogP contribution in [0.4, 0.5) is 11.4 Å². The molecule has 5 nitrogen and oxygen atoms in total. The molecule has 2 heterocycles. The predicted octanol–water partition coefficient (Wildman–Crippen LogP) is 3.09. The number of pyridine rings is 1. The lowest BCUT2D eigenvalue weighted by Gasteiger charge is -2.35. The van der Waals surface area contributed by atoms with E-state index in [0.29, 0.717) is 5.69 Å². The predicted molar refractivity (Wildman–Crippen MR) is 102 cm³/mol. The number of carbonyl (C=O) groups is 1. The monoisotopic (exact) mass is 338 g/mol. The standard InChI is InChI=1S/C20H26N4O/c1-4-23-10-12-24(13-11-23)17-8-9-21-18(14-17)20(25)22-19-15(2)6-5-7-16(19)3/h5-9,14H,4,10-13H2,1-3H3,(H,22,25). The summed E-state index contributed by atoms with van der Waals surface area (Å²) in [5.74, 6) is -0.161. The van der Waals surface area contributed by atoms with Crippen LogP contribution in [-0.2, 0) is 0 Å². The number of amides is 1. The number of nitrogens with zero attached hydrogens (tertiary/aromatic N) is 3. The van der Waals surface area contributed by atoms with Crippen LogP contribution in [0.3, 0.4) is 0 Å². The van der Waals surface area contributed by atoms with Crippen LogP contribution < -0.4 is 10.2 Å². The minimum atomic E-state index is -0.161. The summed E-state index contributed by atoms with van der Waals surface area (Å²) in [6, 6.07) is 9.87. The Morgan fingerprint density at radius 1 is 1.12 bits per heavy atom. The van der Waals surface area contributed by atoms with Gasteiger partial charge in [0.05, 0.1) is 0 Å². The lowest BCUT2D eigenvalue weighted by molar-refractivity contribution is 0.102. The van der Waals surface area contributed by atoms with E-state index in [-0.39, 0.29) is 5.91 Å². The molecule has 0 saturated carbocycles. The Labute approximate surface area is 149 Å². The van der Waals surface area contributed by atoms with E-state index >= 15 is 0 Å². The number of rotatable bonds is 4.